The van der Waals surface area contributed by atoms with E-state index in [2.05, 4.69) is 30.1 Å². The normalized spacial score (nSPS) is 24.3. The van der Waals surface area contributed by atoms with Crippen molar-refractivity contribution in [3.8, 4) is 0 Å². The van der Waals surface area contributed by atoms with Crippen LogP contribution in [0.4, 0.5) is 5.95 Å². The lowest BCUT2D eigenvalue weighted by Crippen LogP contribution is -2.34. The number of aliphatic hydroxyl groups excluding tert-OH is 2. The summed E-state index contributed by atoms with van der Waals surface area (Å²) in [6.07, 6.45) is 0.232. The molecule has 3 heterocycles. The van der Waals surface area contributed by atoms with Gasteiger partial charge in [0.1, 0.15) is 29.5 Å². The fourth-order valence-corrected chi connectivity index (χ4v) is 4.23. The predicted octanol–water partition coefficient (Wildman–Crippen LogP) is 0.495. The highest BCUT2D eigenvalue weighted by Crippen LogP contribution is 2.36. The molecule has 190 valence electrons. The molecule has 13 nitrogen and oxygen atoms in total. The minimum Gasteiger partial charge on any atom is -0.756 e. The van der Waals surface area contributed by atoms with Crippen LogP contribution in [0.25, 0.3) is 11.2 Å². The van der Waals surface area contributed by atoms with Crippen LogP contribution in [-0.4, -0.2) is 77.6 Å². The number of unbranched alkanes of at least 4 members (excludes halogenated alkanes) is 3. The summed E-state index contributed by atoms with van der Waals surface area (Å²) >= 11 is 10.3. The van der Waals surface area contributed by atoms with Gasteiger partial charge in [-0.1, -0.05) is 37.3 Å². The van der Waals surface area contributed by atoms with E-state index < -0.39 is 39.0 Å². The highest BCUT2D eigenvalue weighted by molar-refractivity contribution is 7.80. The van der Waals surface area contributed by atoms with Gasteiger partial charge in [-0.2, -0.15) is 0 Å². The second kappa shape index (κ2) is 11.9. The van der Waals surface area contributed by atoms with Gasteiger partial charge in [0.2, 0.25) is 5.95 Å². The Morgan fingerprint density at radius 2 is 2.03 bits per heavy atom. The first-order chi connectivity index (χ1) is 16.1. The topological polar surface area (TPSA) is 190 Å². The molecule has 2 unspecified atom stereocenters. The summed E-state index contributed by atoms with van der Waals surface area (Å²) in [7, 11) is -5.01. The van der Waals surface area contributed by atoms with Crippen molar-refractivity contribution < 1.29 is 33.8 Å². The number of hydrogen-bond donors (Lipinski definition) is 6. The van der Waals surface area contributed by atoms with E-state index in [-0.39, 0.29) is 4.64 Å². The molecule has 1 aliphatic rings. The average molecular weight is 536 g/mol. The third kappa shape index (κ3) is 7.23. The smallest absolute Gasteiger partial charge is 0.265 e. The first-order valence-corrected chi connectivity index (χ1v) is 13.0. The number of rotatable bonds is 12. The molecule has 0 bridgehead atoms. The van der Waals surface area contributed by atoms with E-state index >= 15 is 0 Å². The van der Waals surface area contributed by atoms with Crippen molar-refractivity contribution in [1.29, 1.82) is 0 Å². The molecule has 0 saturated carbocycles. The van der Waals surface area contributed by atoms with E-state index in [0.29, 0.717) is 23.7 Å². The maximum atomic E-state index is 10.8. The number of nitrogens with one attached hydrogen (secondary N) is 3. The number of hydrogen-bond acceptors (Lipinski definition) is 11. The molecule has 1 fully saturated rings. The fraction of sp³-hybridized carbons (Fsp3) is 0.667. The SMILES string of the molecule is CC(=S)NCCCCCCNc1nc(=S)c2ncn([C@@H]3O[C@H](COP(=O)([O-])O)[C@H](O)C3O)c2[nH]1. The van der Waals surface area contributed by atoms with E-state index in [1.165, 1.54) is 10.9 Å². The minimum atomic E-state index is -5.01. The van der Waals surface area contributed by atoms with Crippen LogP contribution < -0.4 is 15.5 Å². The number of aromatic nitrogens is 4. The second-order valence-electron chi connectivity index (χ2n) is 7.87. The van der Waals surface area contributed by atoms with Crippen molar-refractivity contribution in [2.24, 2.45) is 0 Å². The second-order valence-corrected chi connectivity index (χ2v) is 10.1. The molecule has 5 atom stereocenters. The van der Waals surface area contributed by atoms with Gasteiger partial charge in [0, 0.05) is 13.1 Å². The van der Waals surface area contributed by atoms with Crippen LogP contribution in [0.5, 0.6) is 0 Å². The van der Waals surface area contributed by atoms with Gasteiger partial charge in [0.15, 0.2) is 10.9 Å². The number of aliphatic hydroxyl groups is 2. The molecule has 3 rings (SSSR count). The quantitative estimate of drug-likeness (QED) is 0.125. The van der Waals surface area contributed by atoms with Gasteiger partial charge >= 0.3 is 0 Å². The summed E-state index contributed by atoms with van der Waals surface area (Å²) in [5.74, 6) is 0.415. The van der Waals surface area contributed by atoms with E-state index in [1.54, 1.807) is 0 Å². The Bertz CT molecular complexity index is 1090. The zero-order chi connectivity index (χ0) is 24.9. The van der Waals surface area contributed by atoms with Crippen LogP contribution >= 0.6 is 32.3 Å². The van der Waals surface area contributed by atoms with Gasteiger partial charge in [-0.15, -0.1) is 0 Å². The molecule has 1 aliphatic heterocycles. The van der Waals surface area contributed by atoms with Gasteiger partial charge in [-0.05, 0) is 19.8 Å². The van der Waals surface area contributed by atoms with Gasteiger partial charge in [0.05, 0.1) is 17.9 Å². The molecule has 0 spiro atoms. The number of nitrogens with zero attached hydrogens (tertiary/aromatic N) is 3. The van der Waals surface area contributed by atoms with Crippen molar-refractivity contribution in [3.05, 3.63) is 11.0 Å². The van der Waals surface area contributed by atoms with Gasteiger partial charge < -0.3 is 44.9 Å². The van der Waals surface area contributed by atoms with Crippen molar-refractivity contribution >= 4 is 54.4 Å². The first-order valence-electron chi connectivity index (χ1n) is 10.7. The molecule has 2 aromatic rings. The number of anilines is 1. The molecule has 6 N–H and O–H groups in total. The lowest BCUT2D eigenvalue weighted by atomic mass is 10.1. The number of aromatic amines is 1. The zero-order valence-electron chi connectivity index (χ0n) is 18.4. The van der Waals surface area contributed by atoms with Gasteiger partial charge in [-0.3, -0.25) is 9.13 Å². The number of phosphoric acid groups is 1. The monoisotopic (exact) mass is 535 g/mol. The summed E-state index contributed by atoms with van der Waals surface area (Å²) in [5, 5.41) is 27.0. The largest absolute Gasteiger partial charge is 0.756 e. The molecule has 2 aromatic heterocycles. The molecule has 1 saturated heterocycles. The number of ether oxygens (including phenoxy) is 1. The molecule has 0 radical (unpaired) electrons. The van der Waals surface area contributed by atoms with Crippen LogP contribution in [0.3, 0.4) is 0 Å². The number of imidazole rings is 1. The Balaban J connectivity index is 1.62. The summed E-state index contributed by atoms with van der Waals surface area (Å²) in [5.41, 5.74) is 0.768. The molecule has 0 amide bonds. The number of thiocarbonyl (C=S) groups is 1. The zero-order valence-corrected chi connectivity index (χ0v) is 20.9. The molecule has 0 aliphatic carbocycles. The van der Waals surface area contributed by atoms with Crippen LogP contribution in [-0.2, 0) is 13.8 Å². The van der Waals surface area contributed by atoms with Gasteiger partial charge in [0.25, 0.3) is 7.82 Å². The predicted molar refractivity (Wildman–Crippen MR) is 128 cm³/mol. The Labute approximate surface area is 206 Å². The molecular weight excluding hydrogens is 507 g/mol. The van der Waals surface area contributed by atoms with Crippen LogP contribution in [0.15, 0.2) is 6.33 Å². The van der Waals surface area contributed by atoms with Crippen LogP contribution in [0, 0.1) is 4.64 Å². The Hall–Kier alpha value is -1.55. The van der Waals surface area contributed by atoms with E-state index in [4.69, 9.17) is 34.1 Å². The minimum absolute atomic E-state index is 0.233. The van der Waals surface area contributed by atoms with E-state index in [9.17, 15) is 19.7 Å². The Morgan fingerprint density at radius 1 is 1.32 bits per heavy atom. The van der Waals surface area contributed by atoms with E-state index in [1.807, 2.05) is 6.92 Å². The summed E-state index contributed by atoms with van der Waals surface area (Å²) in [4.78, 5) is 32.0. The Morgan fingerprint density at radius 3 is 2.71 bits per heavy atom. The fourth-order valence-electron chi connectivity index (χ4n) is 3.55. The summed E-state index contributed by atoms with van der Waals surface area (Å²) in [6.45, 7) is 2.72. The third-order valence-corrected chi connectivity index (χ3v) is 6.13. The maximum Gasteiger partial charge on any atom is 0.265 e. The van der Waals surface area contributed by atoms with Crippen molar-refractivity contribution in [3.63, 3.8) is 0 Å². The highest BCUT2D eigenvalue weighted by Gasteiger charge is 2.44. The highest BCUT2D eigenvalue weighted by atomic mass is 32.1. The van der Waals surface area contributed by atoms with Crippen molar-refractivity contribution in [2.75, 3.05) is 25.0 Å². The van der Waals surface area contributed by atoms with Crippen molar-refractivity contribution in [1.82, 2.24) is 24.8 Å². The molecule has 0 aromatic carbocycles. The van der Waals surface area contributed by atoms with Crippen LogP contribution in [0.2, 0.25) is 0 Å². The first kappa shape index (κ1) is 27.0. The molecular formula is C18H28N6O7PS2-. The standard InChI is InChI=1S/C18H29N6O7PS2/c1-10(33)19-6-4-2-3-5-7-20-18-22-15-12(16(34)23-18)21-9-24(15)17-14(26)13(25)11(31-17)8-30-32(27,28)29/h9,11,13-14,17,25-26H,2-8H2,1H3,(H,19,33)(H2,27,28,29)(H2,20,22,23,34)/p-1/t11-,13+,14?,17-/m1/s1. The lowest BCUT2D eigenvalue weighted by Gasteiger charge is -2.20. The number of H-pyrrole nitrogens is 1. The van der Waals surface area contributed by atoms with Gasteiger partial charge in [-0.25, -0.2) is 9.97 Å². The Kier molecular flexibility index (Phi) is 9.49. The lowest BCUT2D eigenvalue weighted by molar-refractivity contribution is -0.222. The van der Waals surface area contributed by atoms with Crippen LogP contribution in [0.1, 0.15) is 38.8 Å². The number of fused-ring (bicyclic) bond motifs is 1. The summed E-state index contributed by atoms with van der Waals surface area (Å²) in [6, 6.07) is 0. The molecule has 34 heavy (non-hydrogen) atoms. The van der Waals surface area contributed by atoms with Crippen molar-refractivity contribution in [2.45, 2.75) is 57.1 Å². The number of phosphoric ester groups is 1. The maximum absolute atomic E-state index is 10.8. The summed E-state index contributed by atoms with van der Waals surface area (Å²) < 4.78 is 22.4. The molecule has 16 heteroatoms. The average Bonchev–Trinajstić information content (AvgIpc) is 3.29. The third-order valence-electron chi connectivity index (χ3n) is 5.23. The van der Waals surface area contributed by atoms with E-state index in [0.717, 1.165) is 37.2 Å².